The summed E-state index contributed by atoms with van der Waals surface area (Å²) < 4.78 is 29.7. The van der Waals surface area contributed by atoms with Gasteiger partial charge in [0.1, 0.15) is 0 Å². The molecule has 29 heavy (non-hydrogen) atoms. The summed E-state index contributed by atoms with van der Waals surface area (Å²) in [5, 5.41) is 0. The van der Waals surface area contributed by atoms with E-state index in [-0.39, 0.29) is 22.9 Å². The highest BCUT2D eigenvalue weighted by molar-refractivity contribution is 7.91. The molecular formula is C23H28O5S. The Balaban J connectivity index is 2.01. The van der Waals surface area contributed by atoms with Crippen molar-refractivity contribution in [2.45, 2.75) is 52.9 Å². The Hall–Kier alpha value is -2.47. The average molecular weight is 417 g/mol. The fraction of sp³-hybridized carbons (Fsp3) is 0.391. The monoisotopic (exact) mass is 416 g/mol. The third kappa shape index (κ3) is 5.12. The van der Waals surface area contributed by atoms with E-state index in [4.69, 9.17) is 4.74 Å². The summed E-state index contributed by atoms with van der Waals surface area (Å²) in [5.41, 5.74) is 6.54. The summed E-state index contributed by atoms with van der Waals surface area (Å²) in [6.45, 7) is 11.2. The van der Waals surface area contributed by atoms with Gasteiger partial charge in [0.2, 0.25) is 5.78 Å². The van der Waals surface area contributed by atoms with Crippen LogP contribution in [0.1, 0.15) is 50.2 Å². The van der Waals surface area contributed by atoms with Gasteiger partial charge >= 0.3 is 5.97 Å². The van der Waals surface area contributed by atoms with Gasteiger partial charge < -0.3 is 4.74 Å². The van der Waals surface area contributed by atoms with Crippen LogP contribution >= 0.6 is 0 Å². The number of hydrogen-bond donors (Lipinski definition) is 0. The molecule has 5 nitrogen and oxygen atoms in total. The first-order valence-electron chi connectivity index (χ1n) is 9.51. The summed E-state index contributed by atoms with van der Waals surface area (Å²) in [4.78, 5) is 24.9. The van der Waals surface area contributed by atoms with Gasteiger partial charge in [-0.3, -0.25) is 9.59 Å². The maximum absolute atomic E-state index is 12.7. The third-order valence-corrected chi connectivity index (χ3v) is 7.33. The lowest BCUT2D eigenvalue weighted by atomic mass is 9.88. The lowest BCUT2D eigenvalue weighted by molar-refractivity contribution is -0.142. The molecule has 2 rings (SSSR count). The minimum Gasteiger partial charge on any atom is -0.457 e. The van der Waals surface area contributed by atoms with Gasteiger partial charge in [-0.25, -0.2) is 8.42 Å². The third-order valence-electron chi connectivity index (χ3n) is 5.60. The van der Waals surface area contributed by atoms with Crippen molar-refractivity contribution >= 4 is 21.6 Å². The summed E-state index contributed by atoms with van der Waals surface area (Å²) in [6, 6.07) is 6.46. The molecule has 0 aromatic heterocycles. The second-order valence-corrected chi connectivity index (χ2v) is 9.57. The molecule has 0 spiro atoms. The van der Waals surface area contributed by atoms with Crippen LogP contribution in [0.4, 0.5) is 0 Å². The van der Waals surface area contributed by atoms with Gasteiger partial charge in [0, 0.05) is 5.56 Å². The minimum atomic E-state index is -3.58. The highest BCUT2D eigenvalue weighted by atomic mass is 32.2. The van der Waals surface area contributed by atoms with E-state index >= 15 is 0 Å². The van der Waals surface area contributed by atoms with Crippen LogP contribution < -0.4 is 0 Å². The smallest absolute Gasteiger partial charge is 0.307 e. The van der Waals surface area contributed by atoms with Crippen LogP contribution in [0.3, 0.4) is 0 Å². The molecule has 0 saturated carbocycles. The number of hydrogen-bond acceptors (Lipinski definition) is 5. The summed E-state index contributed by atoms with van der Waals surface area (Å²) >= 11 is 0. The molecule has 0 radical (unpaired) electrons. The minimum absolute atomic E-state index is 0.170. The van der Waals surface area contributed by atoms with Crippen LogP contribution in [0.5, 0.6) is 0 Å². The Morgan fingerprint density at radius 3 is 1.79 bits per heavy atom. The number of ether oxygens (including phenoxy) is 1. The van der Waals surface area contributed by atoms with Crippen LogP contribution in [-0.4, -0.2) is 32.5 Å². The molecule has 0 heterocycles. The topological polar surface area (TPSA) is 77.5 Å². The highest BCUT2D eigenvalue weighted by Crippen LogP contribution is 2.26. The fourth-order valence-electron chi connectivity index (χ4n) is 3.29. The van der Waals surface area contributed by atoms with Crippen molar-refractivity contribution in [2.24, 2.45) is 0 Å². The quantitative estimate of drug-likeness (QED) is 0.501. The van der Waals surface area contributed by atoms with E-state index in [1.165, 1.54) is 12.1 Å². The van der Waals surface area contributed by atoms with Crippen LogP contribution in [0.2, 0.25) is 0 Å². The second-order valence-electron chi connectivity index (χ2n) is 7.47. The number of benzene rings is 2. The van der Waals surface area contributed by atoms with Crippen molar-refractivity contribution in [1.29, 1.82) is 0 Å². The number of aryl methyl sites for hydroxylation is 1. The molecule has 0 amide bonds. The van der Waals surface area contributed by atoms with E-state index in [9.17, 15) is 18.0 Å². The van der Waals surface area contributed by atoms with E-state index in [0.29, 0.717) is 5.56 Å². The van der Waals surface area contributed by atoms with Crippen molar-refractivity contribution in [3.63, 3.8) is 0 Å². The van der Waals surface area contributed by atoms with Crippen molar-refractivity contribution in [2.75, 3.05) is 12.4 Å². The number of sulfone groups is 1. The van der Waals surface area contributed by atoms with E-state index in [0.717, 1.165) is 33.4 Å². The number of ketones is 1. The van der Waals surface area contributed by atoms with Crippen molar-refractivity contribution in [1.82, 2.24) is 0 Å². The average Bonchev–Trinajstić information content (AvgIpc) is 2.68. The number of esters is 1. The molecule has 2 aromatic rings. The molecule has 2 aromatic carbocycles. The molecule has 0 fully saturated rings. The zero-order valence-corrected chi connectivity index (χ0v) is 18.7. The van der Waals surface area contributed by atoms with E-state index in [1.807, 2.05) is 41.5 Å². The summed E-state index contributed by atoms with van der Waals surface area (Å²) in [7, 11) is -3.58. The van der Waals surface area contributed by atoms with Gasteiger partial charge in [0.25, 0.3) is 0 Å². The Kier molecular flexibility index (Phi) is 7.01. The van der Waals surface area contributed by atoms with E-state index < -0.39 is 22.4 Å². The predicted octanol–water partition coefficient (Wildman–Crippen LogP) is 4.13. The largest absolute Gasteiger partial charge is 0.457 e. The number of carbonyl (C=O) groups is 2. The zero-order valence-electron chi connectivity index (χ0n) is 17.9. The van der Waals surface area contributed by atoms with Crippen molar-refractivity contribution in [3.05, 3.63) is 63.2 Å². The molecule has 0 aliphatic carbocycles. The molecule has 0 aliphatic heterocycles. The molecule has 156 valence electrons. The predicted molar refractivity (Wildman–Crippen MR) is 113 cm³/mol. The normalized spacial score (nSPS) is 11.4. The first-order chi connectivity index (χ1) is 13.5. The SMILES string of the molecule is Cc1ccc(S(=O)(=O)CCC(=O)OCC(=O)c2c(C)c(C)c(C)c(C)c2C)cc1. The molecule has 0 unspecified atom stereocenters. The second kappa shape index (κ2) is 8.91. The Morgan fingerprint density at radius 1 is 0.793 bits per heavy atom. The molecule has 0 bridgehead atoms. The highest BCUT2D eigenvalue weighted by Gasteiger charge is 2.21. The molecule has 6 heteroatoms. The number of rotatable bonds is 7. The Labute approximate surface area is 173 Å². The van der Waals surface area contributed by atoms with Gasteiger partial charge in [0.15, 0.2) is 16.4 Å². The maximum atomic E-state index is 12.7. The first-order valence-corrected chi connectivity index (χ1v) is 11.2. The summed E-state index contributed by atoms with van der Waals surface area (Å²) in [5.74, 6) is -1.34. The number of Topliss-reactive ketones (excluding diaryl/α,β-unsaturated/α-hetero) is 1. The first kappa shape index (κ1) is 22.8. The van der Waals surface area contributed by atoms with Crippen LogP contribution in [0, 0.1) is 41.5 Å². The lowest BCUT2D eigenvalue weighted by Gasteiger charge is -2.17. The Bertz CT molecular complexity index is 1020. The van der Waals surface area contributed by atoms with Crippen molar-refractivity contribution in [3.8, 4) is 0 Å². The summed E-state index contributed by atoms with van der Waals surface area (Å²) in [6.07, 6.45) is -0.298. The van der Waals surface area contributed by atoms with E-state index in [2.05, 4.69) is 0 Å². The lowest BCUT2D eigenvalue weighted by Crippen LogP contribution is -2.19. The van der Waals surface area contributed by atoms with Crippen LogP contribution in [-0.2, 0) is 19.4 Å². The molecule has 0 atom stereocenters. The maximum Gasteiger partial charge on any atom is 0.307 e. The number of carbonyl (C=O) groups excluding carboxylic acids is 2. The van der Waals surface area contributed by atoms with Gasteiger partial charge in [-0.2, -0.15) is 0 Å². The zero-order chi connectivity index (χ0) is 21.9. The van der Waals surface area contributed by atoms with Crippen molar-refractivity contribution < 1.29 is 22.7 Å². The molecule has 0 N–H and O–H groups in total. The molecular weight excluding hydrogens is 388 g/mol. The Morgan fingerprint density at radius 2 is 1.28 bits per heavy atom. The van der Waals surface area contributed by atoms with Crippen LogP contribution in [0.15, 0.2) is 29.2 Å². The standard InChI is InChI=1S/C23H28O5S/c1-14-7-9-20(10-8-14)29(26,27)12-11-22(25)28-13-21(24)23-18(5)16(3)15(2)17(4)19(23)6/h7-10H,11-13H2,1-6H3. The fourth-order valence-corrected chi connectivity index (χ4v) is 4.51. The van der Waals surface area contributed by atoms with Gasteiger partial charge in [-0.05, 0) is 81.5 Å². The molecule has 0 aliphatic rings. The van der Waals surface area contributed by atoms with Gasteiger partial charge in [0.05, 0.1) is 17.1 Å². The van der Waals surface area contributed by atoms with Crippen LogP contribution in [0.25, 0.3) is 0 Å². The van der Waals surface area contributed by atoms with Gasteiger partial charge in [-0.1, -0.05) is 17.7 Å². The molecule has 0 saturated heterocycles. The van der Waals surface area contributed by atoms with Gasteiger partial charge in [-0.15, -0.1) is 0 Å². The van der Waals surface area contributed by atoms with E-state index in [1.54, 1.807) is 12.1 Å².